The number of H-pyrrole nitrogens is 1. The number of rotatable bonds is 5. The fraction of sp³-hybridized carbons (Fsp3) is 0.214. The molecule has 1 heterocycles. The Kier molecular flexibility index (Phi) is 5.10. The molecule has 1 atom stereocenters. The number of carbonyl (C=O) groups is 1. The van der Waals surface area contributed by atoms with Gasteiger partial charge in [0.15, 0.2) is 5.16 Å². The van der Waals surface area contributed by atoms with E-state index in [9.17, 15) is 14.0 Å². The summed E-state index contributed by atoms with van der Waals surface area (Å²) in [6, 6.07) is 6.85. The van der Waals surface area contributed by atoms with E-state index in [2.05, 4.69) is 15.3 Å². The summed E-state index contributed by atoms with van der Waals surface area (Å²) in [5, 5.41) is 2.70. The van der Waals surface area contributed by atoms with Crippen molar-refractivity contribution in [1.82, 2.24) is 9.97 Å². The number of aromatic amines is 1. The highest BCUT2D eigenvalue weighted by atomic mass is 32.2. The average molecular weight is 307 g/mol. The molecule has 1 amide bonds. The standard InChI is InChI=1S/C14H14FN3O2S/c1-2-11(21-14-16-8-7-12(19)18-14)13(20)17-10-5-3-9(15)4-6-10/h3-8,11H,2H2,1H3,(H,17,20)(H,16,18,19). The molecule has 2 N–H and O–H groups in total. The lowest BCUT2D eigenvalue weighted by atomic mass is 10.2. The summed E-state index contributed by atoms with van der Waals surface area (Å²) in [6.45, 7) is 1.86. The van der Waals surface area contributed by atoms with E-state index in [1.165, 1.54) is 48.3 Å². The zero-order valence-corrected chi connectivity index (χ0v) is 12.1. The lowest BCUT2D eigenvalue weighted by Gasteiger charge is -2.13. The third kappa shape index (κ3) is 4.42. The summed E-state index contributed by atoms with van der Waals surface area (Å²) in [5.41, 5.74) is 0.260. The molecule has 1 unspecified atom stereocenters. The lowest BCUT2D eigenvalue weighted by molar-refractivity contribution is -0.115. The minimum atomic E-state index is -0.402. The first-order valence-electron chi connectivity index (χ1n) is 6.37. The first-order chi connectivity index (χ1) is 10.1. The van der Waals surface area contributed by atoms with E-state index in [0.29, 0.717) is 17.3 Å². The van der Waals surface area contributed by atoms with E-state index in [1.807, 2.05) is 6.92 Å². The van der Waals surface area contributed by atoms with Crippen molar-refractivity contribution in [3.63, 3.8) is 0 Å². The number of anilines is 1. The Morgan fingerprint density at radius 3 is 2.71 bits per heavy atom. The van der Waals surface area contributed by atoms with E-state index in [1.54, 1.807) is 0 Å². The van der Waals surface area contributed by atoms with Crippen molar-refractivity contribution in [1.29, 1.82) is 0 Å². The number of aromatic nitrogens is 2. The maximum absolute atomic E-state index is 12.8. The molecule has 0 saturated heterocycles. The van der Waals surface area contributed by atoms with Crippen LogP contribution < -0.4 is 10.9 Å². The van der Waals surface area contributed by atoms with Gasteiger partial charge < -0.3 is 10.3 Å². The molecule has 21 heavy (non-hydrogen) atoms. The molecular formula is C14H14FN3O2S. The van der Waals surface area contributed by atoms with Crippen LogP contribution in [-0.2, 0) is 4.79 Å². The fourth-order valence-corrected chi connectivity index (χ4v) is 2.51. The van der Waals surface area contributed by atoms with Crippen LogP contribution in [-0.4, -0.2) is 21.1 Å². The molecule has 5 nitrogen and oxygen atoms in total. The number of benzene rings is 1. The predicted octanol–water partition coefficient (Wildman–Crippen LogP) is 2.42. The van der Waals surface area contributed by atoms with Crippen LogP contribution in [0.15, 0.2) is 46.5 Å². The second kappa shape index (κ2) is 7.03. The molecule has 110 valence electrons. The Labute approximate surface area is 125 Å². The van der Waals surface area contributed by atoms with E-state index < -0.39 is 5.25 Å². The molecule has 2 aromatic rings. The highest BCUT2D eigenvalue weighted by Gasteiger charge is 2.19. The predicted molar refractivity (Wildman–Crippen MR) is 79.8 cm³/mol. The second-order valence-electron chi connectivity index (χ2n) is 4.25. The van der Waals surface area contributed by atoms with Crippen LogP contribution in [0.3, 0.4) is 0 Å². The van der Waals surface area contributed by atoms with Gasteiger partial charge in [-0.3, -0.25) is 9.59 Å². The van der Waals surface area contributed by atoms with Crippen molar-refractivity contribution in [3.05, 3.63) is 52.7 Å². The Morgan fingerprint density at radius 2 is 2.10 bits per heavy atom. The minimum absolute atomic E-state index is 0.222. The number of halogens is 1. The summed E-state index contributed by atoms with van der Waals surface area (Å²) in [6.07, 6.45) is 1.96. The van der Waals surface area contributed by atoms with Gasteiger partial charge in [-0.25, -0.2) is 9.37 Å². The molecule has 7 heteroatoms. The first-order valence-corrected chi connectivity index (χ1v) is 7.25. The summed E-state index contributed by atoms with van der Waals surface area (Å²) in [4.78, 5) is 30.0. The number of hydrogen-bond acceptors (Lipinski definition) is 4. The topological polar surface area (TPSA) is 74.8 Å². The maximum atomic E-state index is 12.8. The van der Waals surface area contributed by atoms with E-state index in [0.717, 1.165) is 0 Å². The van der Waals surface area contributed by atoms with Crippen LogP contribution in [0, 0.1) is 5.82 Å². The molecule has 0 fully saturated rings. The van der Waals surface area contributed by atoms with Crippen LogP contribution in [0.25, 0.3) is 0 Å². The number of hydrogen-bond donors (Lipinski definition) is 2. The lowest BCUT2D eigenvalue weighted by Crippen LogP contribution is -2.25. The monoisotopic (exact) mass is 307 g/mol. The van der Waals surface area contributed by atoms with Gasteiger partial charge in [0.1, 0.15) is 5.82 Å². The van der Waals surface area contributed by atoms with Crippen LogP contribution >= 0.6 is 11.8 Å². The summed E-state index contributed by atoms with van der Waals surface area (Å²) in [5.74, 6) is -0.582. The molecule has 0 spiro atoms. The third-order valence-corrected chi connectivity index (χ3v) is 3.94. The maximum Gasteiger partial charge on any atom is 0.251 e. The van der Waals surface area contributed by atoms with Crippen molar-refractivity contribution < 1.29 is 9.18 Å². The highest BCUT2D eigenvalue weighted by Crippen LogP contribution is 2.22. The SMILES string of the molecule is CCC(Sc1nccc(=O)[nH]1)C(=O)Nc1ccc(F)cc1. The van der Waals surface area contributed by atoms with Crippen LogP contribution in [0.2, 0.25) is 0 Å². The number of nitrogens with zero attached hydrogens (tertiary/aromatic N) is 1. The number of thioether (sulfide) groups is 1. The minimum Gasteiger partial charge on any atom is -0.325 e. The largest absolute Gasteiger partial charge is 0.325 e. The van der Waals surface area contributed by atoms with Gasteiger partial charge in [0.05, 0.1) is 5.25 Å². The number of nitrogens with one attached hydrogen (secondary N) is 2. The Morgan fingerprint density at radius 1 is 1.38 bits per heavy atom. The van der Waals surface area contributed by atoms with Gasteiger partial charge in [-0.05, 0) is 30.7 Å². The molecule has 0 aliphatic heterocycles. The first kappa shape index (κ1) is 15.2. The van der Waals surface area contributed by atoms with Crippen molar-refractivity contribution in [2.24, 2.45) is 0 Å². The van der Waals surface area contributed by atoms with Crippen molar-refractivity contribution in [3.8, 4) is 0 Å². The smallest absolute Gasteiger partial charge is 0.251 e. The molecule has 1 aromatic carbocycles. The Bertz CT molecular complexity index is 672. The third-order valence-electron chi connectivity index (χ3n) is 2.68. The van der Waals surface area contributed by atoms with Crippen molar-refractivity contribution >= 4 is 23.4 Å². The van der Waals surface area contributed by atoms with Gasteiger partial charge in [-0.1, -0.05) is 18.7 Å². The van der Waals surface area contributed by atoms with Gasteiger partial charge in [-0.15, -0.1) is 0 Å². The second-order valence-corrected chi connectivity index (χ2v) is 5.44. The number of amides is 1. The zero-order valence-electron chi connectivity index (χ0n) is 11.3. The molecular weight excluding hydrogens is 293 g/mol. The van der Waals surface area contributed by atoms with E-state index in [-0.39, 0.29) is 17.3 Å². The van der Waals surface area contributed by atoms with Crippen LogP contribution in [0.5, 0.6) is 0 Å². The zero-order chi connectivity index (χ0) is 15.2. The van der Waals surface area contributed by atoms with Gasteiger partial charge in [0.25, 0.3) is 5.56 Å². The van der Waals surface area contributed by atoms with Gasteiger partial charge in [0.2, 0.25) is 5.91 Å². The number of carbonyl (C=O) groups excluding carboxylic acids is 1. The van der Waals surface area contributed by atoms with E-state index in [4.69, 9.17) is 0 Å². The molecule has 0 bridgehead atoms. The summed E-state index contributed by atoms with van der Waals surface area (Å²) < 4.78 is 12.8. The van der Waals surface area contributed by atoms with Crippen molar-refractivity contribution in [2.45, 2.75) is 23.8 Å². The fourth-order valence-electron chi connectivity index (χ4n) is 1.62. The van der Waals surface area contributed by atoms with Crippen molar-refractivity contribution in [2.75, 3.05) is 5.32 Å². The van der Waals surface area contributed by atoms with Gasteiger partial charge >= 0.3 is 0 Å². The molecule has 0 aliphatic rings. The Hall–Kier alpha value is -2.15. The van der Waals surface area contributed by atoms with Crippen LogP contribution in [0.1, 0.15) is 13.3 Å². The molecule has 0 saturated carbocycles. The van der Waals surface area contributed by atoms with Gasteiger partial charge in [0, 0.05) is 18.0 Å². The highest BCUT2D eigenvalue weighted by molar-refractivity contribution is 8.00. The average Bonchev–Trinajstić information content (AvgIpc) is 2.47. The van der Waals surface area contributed by atoms with Crippen LogP contribution in [0.4, 0.5) is 10.1 Å². The van der Waals surface area contributed by atoms with Gasteiger partial charge in [-0.2, -0.15) is 0 Å². The Balaban J connectivity index is 2.04. The molecule has 1 aromatic heterocycles. The summed E-state index contributed by atoms with van der Waals surface area (Å²) >= 11 is 1.18. The quantitative estimate of drug-likeness (QED) is 0.657. The molecule has 2 rings (SSSR count). The normalized spacial score (nSPS) is 11.9. The van der Waals surface area contributed by atoms with E-state index >= 15 is 0 Å². The summed E-state index contributed by atoms with van der Waals surface area (Å²) in [7, 11) is 0. The molecule has 0 aliphatic carbocycles. The molecule has 0 radical (unpaired) electrons.